The predicted molar refractivity (Wildman–Crippen MR) is 131 cm³/mol. The number of hydrogen-bond donors (Lipinski definition) is 1. The SMILES string of the molecule is CC(=O)O.Cn1cnnc1SCCCN1CCN(c2cc(C3CC3)nc(C(C)(C)C)n2)CC1. The molecule has 1 saturated carbocycles. The summed E-state index contributed by atoms with van der Waals surface area (Å²) in [6.45, 7) is 13.1. The maximum absolute atomic E-state index is 9.00. The Balaban J connectivity index is 0.000000709. The molecule has 4 rings (SSSR count). The summed E-state index contributed by atoms with van der Waals surface area (Å²) >= 11 is 1.79. The van der Waals surface area contributed by atoms with Gasteiger partial charge in [-0.2, -0.15) is 0 Å². The van der Waals surface area contributed by atoms with Gasteiger partial charge in [0, 0.05) is 69.0 Å². The second-order valence-electron chi connectivity index (χ2n) is 9.77. The number of thioether (sulfide) groups is 1. The van der Waals surface area contributed by atoms with E-state index >= 15 is 0 Å². The minimum absolute atomic E-state index is 0.0120. The van der Waals surface area contributed by atoms with Crippen molar-refractivity contribution in [3.63, 3.8) is 0 Å². The van der Waals surface area contributed by atoms with Crippen molar-refractivity contribution in [1.82, 2.24) is 29.6 Å². The lowest BCUT2D eigenvalue weighted by molar-refractivity contribution is -0.134. The largest absolute Gasteiger partial charge is 0.481 e. The van der Waals surface area contributed by atoms with Crippen LogP contribution in [0.5, 0.6) is 0 Å². The van der Waals surface area contributed by atoms with Gasteiger partial charge < -0.3 is 14.6 Å². The molecule has 2 aliphatic rings. The van der Waals surface area contributed by atoms with Crippen LogP contribution in [0.15, 0.2) is 17.6 Å². The van der Waals surface area contributed by atoms with Crippen molar-refractivity contribution in [3.8, 4) is 0 Å². The maximum atomic E-state index is 9.00. The van der Waals surface area contributed by atoms with E-state index in [-0.39, 0.29) is 5.41 Å². The molecular formula is C23H37N7O2S. The van der Waals surface area contributed by atoms with E-state index in [1.54, 1.807) is 18.1 Å². The number of anilines is 1. The lowest BCUT2D eigenvalue weighted by Crippen LogP contribution is -2.47. The highest BCUT2D eigenvalue weighted by Gasteiger charge is 2.29. The van der Waals surface area contributed by atoms with E-state index in [9.17, 15) is 0 Å². The van der Waals surface area contributed by atoms with Gasteiger partial charge in [-0.3, -0.25) is 9.69 Å². The molecule has 33 heavy (non-hydrogen) atoms. The van der Waals surface area contributed by atoms with Crippen LogP contribution in [0, 0.1) is 0 Å². The highest BCUT2D eigenvalue weighted by atomic mass is 32.2. The molecule has 182 valence electrons. The van der Waals surface area contributed by atoms with Crippen molar-refractivity contribution in [3.05, 3.63) is 23.9 Å². The van der Waals surface area contributed by atoms with E-state index in [1.807, 2.05) is 11.6 Å². The minimum atomic E-state index is -0.833. The summed E-state index contributed by atoms with van der Waals surface area (Å²) in [7, 11) is 1.99. The zero-order valence-electron chi connectivity index (χ0n) is 20.5. The molecule has 0 atom stereocenters. The first-order chi connectivity index (χ1) is 15.6. The monoisotopic (exact) mass is 475 g/mol. The van der Waals surface area contributed by atoms with E-state index < -0.39 is 5.97 Å². The van der Waals surface area contributed by atoms with Gasteiger partial charge in [-0.25, -0.2) is 9.97 Å². The van der Waals surface area contributed by atoms with Crippen LogP contribution in [0.25, 0.3) is 0 Å². The van der Waals surface area contributed by atoms with Gasteiger partial charge in [0.25, 0.3) is 5.97 Å². The molecule has 2 fully saturated rings. The van der Waals surface area contributed by atoms with Gasteiger partial charge in [-0.1, -0.05) is 32.5 Å². The number of hydrogen-bond acceptors (Lipinski definition) is 8. The number of aryl methyl sites for hydroxylation is 1. The zero-order chi connectivity index (χ0) is 24.0. The lowest BCUT2D eigenvalue weighted by Gasteiger charge is -2.36. The van der Waals surface area contributed by atoms with E-state index in [1.165, 1.54) is 25.0 Å². The van der Waals surface area contributed by atoms with Crippen LogP contribution in [0.1, 0.15) is 64.4 Å². The maximum Gasteiger partial charge on any atom is 0.300 e. The Hall–Kier alpha value is -2.20. The fourth-order valence-electron chi connectivity index (χ4n) is 3.59. The van der Waals surface area contributed by atoms with Crippen LogP contribution in [-0.4, -0.2) is 79.2 Å². The fourth-order valence-corrected chi connectivity index (χ4v) is 4.41. The van der Waals surface area contributed by atoms with Gasteiger partial charge in [0.1, 0.15) is 18.0 Å². The first kappa shape index (κ1) is 25.4. The second kappa shape index (κ2) is 11.3. The molecule has 0 aromatic carbocycles. The molecular weight excluding hydrogens is 438 g/mol. The van der Waals surface area contributed by atoms with Crippen molar-refractivity contribution < 1.29 is 9.90 Å². The van der Waals surface area contributed by atoms with Crippen molar-refractivity contribution in [2.24, 2.45) is 7.05 Å². The van der Waals surface area contributed by atoms with E-state index in [2.05, 4.69) is 46.8 Å². The zero-order valence-corrected chi connectivity index (χ0v) is 21.3. The summed E-state index contributed by atoms with van der Waals surface area (Å²) in [5.74, 6) is 3.02. The average Bonchev–Trinajstić information content (AvgIpc) is 3.53. The van der Waals surface area contributed by atoms with Gasteiger partial charge in [0.05, 0.1) is 0 Å². The summed E-state index contributed by atoms with van der Waals surface area (Å²) in [5.41, 5.74) is 1.24. The Bertz CT molecular complexity index is 912. The number of nitrogens with zero attached hydrogens (tertiary/aromatic N) is 7. The first-order valence-corrected chi connectivity index (χ1v) is 12.6. The molecule has 3 heterocycles. The van der Waals surface area contributed by atoms with Gasteiger partial charge in [-0.05, 0) is 25.8 Å². The van der Waals surface area contributed by atoms with Gasteiger partial charge in [0.2, 0.25) is 0 Å². The number of aromatic nitrogens is 5. The Kier molecular flexibility index (Phi) is 8.69. The molecule has 9 nitrogen and oxygen atoms in total. The summed E-state index contributed by atoms with van der Waals surface area (Å²) in [6.07, 6.45) is 5.49. The standard InChI is InChI=1S/C21H33N7S.C2H4O2/c1-21(2,3)19-23-17(16-6-7-16)14-18(24-19)28-11-9-27(10-12-28)8-5-13-29-20-25-22-15-26(20)4;1-2(3)4/h14-16H,5-13H2,1-4H3;1H3,(H,3,4). The fraction of sp³-hybridized carbons (Fsp3) is 0.696. The Morgan fingerprint density at radius 2 is 1.85 bits per heavy atom. The number of piperazine rings is 1. The third kappa shape index (κ3) is 7.96. The molecule has 2 aromatic heterocycles. The van der Waals surface area contributed by atoms with Crippen molar-refractivity contribution in [1.29, 1.82) is 0 Å². The van der Waals surface area contributed by atoms with Crippen LogP contribution < -0.4 is 4.90 Å². The second-order valence-corrected chi connectivity index (χ2v) is 10.8. The molecule has 0 unspecified atom stereocenters. The summed E-state index contributed by atoms with van der Waals surface area (Å²) in [6, 6.07) is 2.25. The van der Waals surface area contributed by atoms with Gasteiger partial charge in [0.15, 0.2) is 5.16 Å². The van der Waals surface area contributed by atoms with Crippen molar-refractivity contribution in [2.75, 3.05) is 43.4 Å². The molecule has 2 aromatic rings. The Morgan fingerprint density at radius 1 is 1.18 bits per heavy atom. The normalized spacial score (nSPS) is 16.9. The molecule has 1 saturated heterocycles. The lowest BCUT2D eigenvalue weighted by atomic mass is 9.95. The van der Waals surface area contributed by atoms with Gasteiger partial charge >= 0.3 is 0 Å². The van der Waals surface area contributed by atoms with E-state index in [0.717, 1.165) is 62.2 Å². The van der Waals surface area contributed by atoms with Crippen LogP contribution >= 0.6 is 11.8 Å². The quantitative estimate of drug-likeness (QED) is 0.478. The van der Waals surface area contributed by atoms with Crippen LogP contribution in [0.4, 0.5) is 5.82 Å². The minimum Gasteiger partial charge on any atom is -0.481 e. The number of carboxylic acids is 1. The molecule has 1 N–H and O–H groups in total. The van der Waals surface area contributed by atoms with E-state index in [4.69, 9.17) is 19.9 Å². The van der Waals surface area contributed by atoms with Gasteiger partial charge in [-0.15, -0.1) is 10.2 Å². The third-order valence-electron chi connectivity index (χ3n) is 5.61. The van der Waals surface area contributed by atoms with E-state index in [0.29, 0.717) is 5.92 Å². The molecule has 0 radical (unpaired) electrons. The molecule has 0 amide bonds. The smallest absolute Gasteiger partial charge is 0.300 e. The highest BCUT2D eigenvalue weighted by molar-refractivity contribution is 7.99. The summed E-state index contributed by atoms with van der Waals surface area (Å²) in [5, 5.41) is 16.5. The molecule has 0 bridgehead atoms. The van der Waals surface area contributed by atoms with Crippen LogP contribution in [-0.2, 0) is 17.3 Å². The summed E-state index contributed by atoms with van der Waals surface area (Å²) in [4.78, 5) is 23.9. The first-order valence-electron chi connectivity index (χ1n) is 11.7. The molecule has 10 heteroatoms. The Morgan fingerprint density at radius 3 is 2.39 bits per heavy atom. The number of rotatable bonds is 7. The average molecular weight is 476 g/mol. The highest BCUT2D eigenvalue weighted by Crippen LogP contribution is 2.40. The third-order valence-corrected chi connectivity index (χ3v) is 6.74. The van der Waals surface area contributed by atoms with Crippen LogP contribution in [0.3, 0.4) is 0 Å². The topological polar surface area (TPSA) is 100 Å². The molecule has 0 spiro atoms. The Labute approximate surface area is 201 Å². The molecule has 1 aliphatic carbocycles. The van der Waals surface area contributed by atoms with Crippen molar-refractivity contribution in [2.45, 2.75) is 63.4 Å². The number of carboxylic acid groups (broad SMARTS) is 1. The summed E-state index contributed by atoms with van der Waals surface area (Å²) < 4.78 is 1.98. The molecule has 1 aliphatic heterocycles. The van der Waals surface area contributed by atoms with Crippen LogP contribution in [0.2, 0.25) is 0 Å². The predicted octanol–water partition coefficient (Wildman–Crippen LogP) is 3.18. The number of carbonyl (C=O) groups is 1. The number of aliphatic carboxylic acids is 1. The van der Waals surface area contributed by atoms with Crippen molar-refractivity contribution >= 4 is 23.5 Å².